The number of ether oxygens (including phenoxy) is 1. The summed E-state index contributed by atoms with van der Waals surface area (Å²) >= 11 is 5.36. The predicted octanol–water partition coefficient (Wildman–Crippen LogP) is 3.14. The van der Waals surface area contributed by atoms with Gasteiger partial charge in [0.25, 0.3) is 0 Å². The van der Waals surface area contributed by atoms with E-state index in [1.54, 1.807) is 25.3 Å². The quantitative estimate of drug-likeness (QED) is 0.735. The lowest BCUT2D eigenvalue weighted by Crippen LogP contribution is -2.31. The molecule has 0 spiro atoms. The molecule has 2 aromatic rings. The number of nitrogens with one attached hydrogen (secondary N) is 2. The molecule has 0 heterocycles. The third-order valence-electron chi connectivity index (χ3n) is 3.93. The van der Waals surface area contributed by atoms with Crippen molar-refractivity contribution in [3.63, 3.8) is 0 Å². The maximum absolute atomic E-state index is 11.7. The van der Waals surface area contributed by atoms with Crippen molar-refractivity contribution in [2.24, 2.45) is 0 Å². The molecule has 0 saturated carbocycles. The van der Waals surface area contributed by atoms with Gasteiger partial charge in [0, 0.05) is 12.7 Å². The van der Waals surface area contributed by atoms with Crippen LogP contribution >= 0.6 is 12.2 Å². The first-order valence-electron chi connectivity index (χ1n) is 7.96. The minimum absolute atomic E-state index is 0.00258. The van der Waals surface area contributed by atoms with Crippen molar-refractivity contribution < 1.29 is 13.2 Å². The average Bonchev–Trinajstić information content (AvgIpc) is 2.60. The van der Waals surface area contributed by atoms with Crippen LogP contribution < -0.4 is 19.7 Å². The molecule has 2 rings (SSSR count). The predicted molar refractivity (Wildman–Crippen MR) is 110 cm³/mol. The first-order valence-corrected chi connectivity index (χ1v) is 10.2. The smallest absolute Gasteiger partial charge is 0.231 e. The summed E-state index contributed by atoms with van der Waals surface area (Å²) in [5, 5.41) is 6.75. The molecule has 1 atom stereocenters. The SMILES string of the molecule is COc1ccc([C@@H](C)NC(=S)Nc2cccc(N(C)S(C)(=O)=O)c2)cc1. The highest BCUT2D eigenvalue weighted by Gasteiger charge is 2.13. The monoisotopic (exact) mass is 393 g/mol. The van der Waals surface area contributed by atoms with Gasteiger partial charge < -0.3 is 15.4 Å². The molecule has 8 heteroatoms. The molecule has 0 aliphatic carbocycles. The van der Waals surface area contributed by atoms with Gasteiger partial charge in [0.1, 0.15) is 5.75 Å². The van der Waals surface area contributed by atoms with Crippen LogP contribution in [0.5, 0.6) is 5.75 Å². The summed E-state index contributed by atoms with van der Waals surface area (Å²) < 4.78 is 29.7. The van der Waals surface area contributed by atoms with Crippen molar-refractivity contribution in [1.29, 1.82) is 0 Å². The molecule has 26 heavy (non-hydrogen) atoms. The molecule has 0 aliphatic rings. The van der Waals surface area contributed by atoms with Crippen LogP contribution in [0.2, 0.25) is 0 Å². The summed E-state index contributed by atoms with van der Waals surface area (Å²) in [7, 11) is -0.174. The van der Waals surface area contributed by atoms with Gasteiger partial charge in [-0.2, -0.15) is 0 Å². The van der Waals surface area contributed by atoms with Crippen molar-refractivity contribution in [3.8, 4) is 5.75 Å². The lowest BCUT2D eigenvalue weighted by molar-refractivity contribution is 0.414. The van der Waals surface area contributed by atoms with E-state index in [2.05, 4.69) is 10.6 Å². The van der Waals surface area contributed by atoms with Gasteiger partial charge in [-0.1, -0.05) is 18.2 Å². The van der Waals surface area contributed by atoms with E-state index in [0.29, 0.717) is 16.5 Å². The first kappa shape index (κ1) is 20.0. The second-order valence-corrected chi connectivity index (χ2v) is 8.30. The van der Waals surface area contributed by atoms with E-state index < -0.39 is 10.0 Å². The summed E-state index contributed by atoms with van der Waals surface area (Å²) in [6.45, 7) is 2.00. The topological polar surface area (TPSA) is 70.7 Å². The number of benzene rings is 2. The van der Waals surface area contributed by atoms with E-state index in [-0.39, 0.29) is 6.04 Å². The van der Waals surface area contributed by atoms with Crippen LogP contribution in [0, 0.1) is 0 Å². The Bertz CT molecular complexity index is 868. The number of thiocarbonyl (C=S) groups is 1. The van der Waals surface area contributed by atoms with E-state index in [1.807, 2.05) is 37.3 Å². The highest BCUT2D eigenvalue weighted by atomic mass is 32.2. The van der Waals surface area contributed by atoms with E-state index >= 15 is 0 Å². The Morgan fingerprint density at radius 2 is 1.85 bits per heavy atom. The molecule has 0 unspecified atom stereocenters. The normalized spacial score (nSPS) is 12.2. The van der Waals surface area contributed by atoms with Crippen LogP contribution in [0.25, 0.3) is 0 Å². The van der Waals surface area contributed by atoms with Crippen LogP contribution in [0.1, 0.15) is 18.5 Å². The largest absolute Gasteiger partial charge is 0.497 e. The second-order valence-electron chi connectivity index (χ2n) is 5.87. The van der Waals surface area contributed by atoms with Crippen molar-refractivity contribution in [2.75, 3.05) is 30.0 Å². The molecular formula is C18H23N3O3S2. The van der Waals surface area contributed by atoms with E-state index in [4.69, 9.17) is 17.0 Å². The fourth-order valence-corrected chi connectivity index (χ4v) is 3.10. The Hall–Kier alpha value is -2.32. The molecule has 0 amide bonds. The Kier molecular flexibility index (Phi) is 6.44. The minimum Gasteiger partial charge on any atom is -0.497 e. The third kappa shape index (κ3) is 5.34. The molecule has 2 aromatic carbocycles. The fraction of sp³-hybridized carbons (Fsp3) is 0.278. The first-order chi connectivity index (χ1) is 12.2. The number of rotatable bonds is 6. The van der Waals surface area contributed by atoms with Crippen LogP contribution in [-0.4, -0.2) is 33.9 Å². The standard InChI is InChI=1S/C18H23N3O3S2/c1-13(14-8-10-17(24-3)11-9-14)19-18(25)20-15-6-5-7-16(12-15)21(2)26(4,22)23/h5-13H,1-4H3,(H2,19,20,25)/t13-/m1/s1. The molecule has 2 N–H and O–H groups in total. The molecular weight excluding hydrogens is 370 g/mol. The van der Waals surface area contributed by atoms with Gasteiger partial charge in [-0.3, -0.25) is 4.31 Å². The van der Waals surface area contributed by atoms with Gasteiger partial charge >= 0.3 is 0 Å². The van der Waals surface area contributed by atoms with Crippen LogP contribution in [0.3, 0.4) is 0 Å². The zero-order valence-corrected chi connectivity index (χ0v) is 16.8. The minimum atomic E-state index is -3.32. The maximum Gasteiger partial charge on any atom is 0.231 e. The van der Waals surface area contributed by atoms with Crippen LogP contribution in [0.15, 0.2) is 48.5 Å². The Morgan fingerprint density at radius 3 is 2.42 bits per heavy atom. The van der Waals surface area contributed by atoms with Crippen molar-refractivity contribution >= 4 is 38.7 Å². The molecule has 0 fully saturated rings. The number of sulfonamides is 1. The Balaban J connectivity index is 2.03. The number of hydrogen-bond donors (Lipinski definition) is 2. The zero-order valence-electron chi connectivity index (χ0n) is 15.2. The molecule has 0 aliphatic heterocycles. The summed E-state index contributed by atoms with van der Waals surface area (Å²) in [6.07, 6.45) is 1.16. The Morgan fingerprint density at radius 1 is 1.19 bits per heavy atom. The van der Waals surface area contributed by atoms with Gasteiger partial charge in [-0.25, -0.2) is 8.42 Å². The molecule has 6 nitrogen and oxygen atoms in total. The molecule has 0 aromatic heterocycles. The lowest BCUT2D eigenvalue weighted by Gasteiger charge is -2.20. The second kappa shape index (κ2) is 8.37. The zero-order chi connectivity index (χ0) is 19.3. The fourth-order valence-electron chi connectivity index (χ4n) is 2.31. The van der Waals surface area contributed by atoms with Gasteiger partial charge in [0.15, 0.2) is 5.11 Å². The van der Waals surface area contributed by atoms with Crippen molar-refractivity contribution in [3.05, 3.63) is 54.1 Å². The number of hydrogen-bond acceptors (Lipinski definition) is 4. The summed E-state index contributed by atoms with van der Waals surface area (Å²) in [5.41, 5.74) is 2.33. The highest BCUT2D eigenvalue weighted by Crippen LogP contribution is 2.21. The average molecular weight is 394 g/mol. The van der Waals surface area contributed by atoms with Gasteiger partial charge in [0.2, 0.25) is 10.0 Å². The van der Waals surface area contributed by atoms with Crippen molar-refractivity contribution in [1.82, 2.24) is 5.32 Å². The summed E-state index contributed by atoms with van der Waals surface area (Å²) in [4.78, 5) is 0. The van der Waals surface area contributed by atoms with Crippen LogP contribution in [0.4, 0.5) is 11.4 Å². The van der Waals surface area contributed by atoms with E-state index in [0.717, 1.165) is 17.6 Å². The Labute approximate surface area is 160 Å². The molecule has 140 valence electrons. The van der Waals surface area contributed by atoms with Gasteiger partial charge in [-0.15, -0.1) is 0 Å². The number of methoxy groups -OCH3 is 1. The summed E-state index contributed by atoms with van der Waals surface area (Å²) in [6, 6.07) is 14.8. The lowest BCUT2D eigenvalue weighted by atomic mass is 10.1. The van der Waals surface area contributed by atoms with Gasteiger partial charge in [0.05, 0.1) is 25.1 Å². The van der Waals surface area contributed by atoms with E-state index in [1.165, 1.54) is 11.4 Å². The molecule has 0 radical (unpaired) electrons. The maximum atomic E-state index is 11.7. The van der Waals surface area contributed by atoms with Gasteiger partial charge in [-0.05, 0) is 55.0 Å². The van der Waals surface area contributed by atoms with Crippen molar-refractivity contribution in [2.45, 2.75) is 13.0 Å². The molecule has 0 bridgehead atoms. The number of nitrogens with zero attached hydrogens (tertiary/aromatic N) is 1. The molecule has 0 saturated heterocycles. The van der Waals surface area contributed by atoms with Crippen LogP contribution in [-0.2, 0) is 10.0 Å². The van der Waals surface area contributed by atoms with E-state index in [9.17, 15) is 8.42 Å². The summed E-state index contributed by atoms with van der Waals surface area (Å²) in [5.74, 6) is 0.800. The number of anilines is 2. The highest BCUT2D eigenvalue weighted by molar-refractivity contribution is 7.92. The third-order valence-corrected chi connectivity index (χ3v) is 5.35.